The summed E-state index contributed by atoms with van der Waals surface area (Å²) in [4.78, 5) is 0. The summed E-state index contributed by atoms with van der Waals surface area (Å²) in [5.41, 5.74) is -3.27. The average Bonchev–Trinajstić information content (AvgIpc) is 2.07. The quantitative estimate of drug-likeness (QED) is 0.813. The molecular formula is C9H7Cl2F3O. The van der Waals surface area contributed by atoms with Crippen molar-refractivity contribution >= 4 is 23.2 Å². The van der Waals surface area contributed by atoms with Gasteiger partial charge in [0.05, 0.1) is 10.0 Å². The second-order valence-electron chi connectivity index (χ2n) is 3.20. The lowest BCUT2D eigenvalue weighted by molar-refractivity contribution is -0.258. The third-order valence-corrected chi connectivity index (χ3v) is 2.77. The zero-order chi connectivity index (χ0) is 11.9. The molecule has 0 saturated heterocycles. The van der Waals surface area contributed by atoms with E-state index in [1.165, 1.54) is 6.07 Å². The predicted octanol–water partition coefficient (Wildman–Crippen LogP) is 3.76. The largest absolute Gasteiger partial charge is 0.421 e. The molecule has 1 N–H and O–H groups in total. The third kappa shape index (κ3) is 2.38. The zero-order valence-corrected chi connectivity index (χ0v) is 9.08. The maximum Gasteiger partial charge on any atom is 0.421 e. The number of halogens is 5. The Hall–Kier alpha value is -0.450. The normalized spacial score (nSPS) is 16.2. The molecule has 1 rings (SSSR count). The van der Waals surface area contributed by atoms with Crippen molar-refractivity contribution in [2.75, 3.05) is 0 Å². The van der Waals surface area contributed by atoms with E-state index < -0.39 is 11.8 Å². The molecule has 0 heterocycles. The van der Waals surface area contributed by atoms with E-state index in [9.17, 15) is 18.3 Å². The number of hydrogen-bond acceptors (Lipinski definition) is 1. The highest BCUT2D eigenvalue weighted by molar-refractivity contribution is 6.42. The molecular weight excluding hydrogens is 252 g/mol. The predicted molar refractivity (Wildman–Crippen MR) is 52.1 cm³/mol. The number of hydrogen-bond donors (Lipinski definition) is 1. The highest BCUT2D eigenvalue weighted by Crippen LogP contribution is 2.40. The maximum absolute atomic E-state index is 12.4. The van der Waals surface area contributed by atoms with Crippen molar-refractivity contribution in [3.63, 3.8) is 0 Å². The third-order valence-electron chi connectivity index (χ3n) is 2.03. The molecule has 0 spiro atoms. The first-order valence-corrected chi connectivity index (χ1v) is 4.66. The van der Waals surface area contributed by atoms with Gasteiger partial charge in [-0.15, -0.1) is 0 Å². The number of alkyl halides is 3. The minimum atomic E-state index is -4.76. The minimum absolute atomic E-state index is 0.0290. The summed E-state index contributed by atoms with van der Waals surface area (Å²) in [6, 6.07) is 3.29. The van der Waals surface area contributed by atoms with Crippen LogP contribution in [0.5, 0.6) is 0 Å². The molecule has 6 heteroatoms. The second kappa shape index (κ2) is 3.85. The van der Waals surface area contributed by atoms with E-state index in [4.69, 9.17) is 23.2 Å². The second-order valence-corrected chi connectivity index (χ2v) is 4.01. The summed E-state index contributed by atoms with van der Waals surface area (Å²) >= 11 is 11.1. The summed E-state index contributed by atoms with van der Waals surface area (Å²) in [6.45, 7) is 0.659. The Balaban J connectivity index is 3.22. The van der Waals surface area contributed by atoms with E-state index in [1.807, 2.05) is 0 Å². The van der Waals surface area contributed by atoms with Crippen LogP contribution in [0.25, 0.3) is 0 Å². The minimum Gasteiger partial charge on any atom is -0.376 e. The molecule has 0 unspecified atom stereocenters. The molecule has 0 fully saturated rings. The van der Waals surface area contributed by atoms with Crippen LogP contribution in [0.2, 0.25) is 10.0 Å². The summed E-state index contributed by atoms with van der Waals surface area (Å²) in [7, 11) is 0. The fourth-order valence-corrected chi connectivity index (χ4v) is 1.26. The first-order chi connectivity index (χ1) is 6.66. The van der Waals surface area contributed by atoms with Gasteiger partial charge in [0.25, 0.3) is 0 Å². The molecule has 0 amide bonds. The number of aliphatic hydroxyl groups is 1. The standard InChI is InChI=1S/C9H7Cl2F3O/c1-8(15,9(12,13)14)5-2-3-6(10)7(11)4-5/h2-4,15H,1H3/t8-/m0/s1. The molecule has 0 aliphatic rings. The van der Waals surface area contributed by atoms with Crippen molar-refractivity contribution in [1.29, 1.82) is 0 Å². The van der Waals surface area contributed by atoms with Crippen LogP contribution >= 0.6 is 23.2 Å². The van der Waals surface area contributed by atoms with E-state index in [-0.39, 0.29) is 15.6 Å². The molecule has 0 aliphatic heterocycles. The van der Waals surface area contributed by atoms with Crippen LogP contribution in [0.4, 0.5) is 13.2 Å². The molecule has 1 atom stereocenters. The van der Waals surface area contributed by atoms with Gasteiger partial charge in [0.1, 0.15) is 0 Å². The molecule has 0 saturated carbocycles. The van der Waals surface area contributed by atoms with E-state index >= 15 is 0 Å². The average molecular weight is 259 g/mol. The Morgan fingerprint density at radius 3 is 2.07 bits per heavy atom. The van der Waals surface area contributed by atoms with Gasteiger partial charge in [0.2, 0.25) is 0 Å². The summed E-state index contributed by atoms with van der Waals surface area (Å²) < 4.78 is 37.3. The lowest BCUT2D eigenvalue weighted by Gasteiger charge is -2.26. The Morgan fingerprint density at radius 2 is 1.67 bits per heavy atom. The molecule has 0 aromatic heterocycles. The van der Waals surface area contributed by atoms with Crippen molar-refractivity contribution < 1.29 is 18.3 Å². The monoisotopic (exact) mass is 258 g/mol. The van der Waals surface area contributed by atoms with Crippen LogP contribution in [0, 0.1) is 0 Å². The van der Waals surface area contributed by atoms with Crippen LogP contribution in [0.3, 0.4) is 0 Å². The number of rotatable bonds is 1. The Labute approximate surface area is 94.4 Å². The molecule has 84 valence electrons. The maximum atomic E-state index is 12.4. The fraction of sp³-hybridized carbons (Fsp3) is 0.333. The van der Waals surface area contributed by atoms with Crippen LogP contribution in [0.15, 0.2) is 18.2 Å². The summed E-state index contributed by atoms with van der Waals surface area (Å²) in [5, 5.41) is 9.42. The van der Waals surface area contributed by atoms with Gasteiger partial charge in [-0.05, 0) is 24.6 Å². The highest BCUT2D eigenvalue weighted by Gasteiger charge is 2.51. The van der Waals surface area contributed by atoms with Gasteiger partial charge in [0, 0.05) is 0 Å². The van der Waals surface area contributed by atoms with Crippen LogP contribution in [-0.4, -0.2) is 11.3 Å². The van der Waals surface area contributed by atoms with Crippen LogP contribution in [0.1, 0.15) is 12.5 Å². The van der Waals surface area contributed by atoms with E-state index in [1.54, 1.807) is 0 Å². The lowest BCUT2D eigenvalue weighted by Crippen LogP contribution is -2.39. The van der Waals surface area contributed by atoms with E-state index in [0.717, 1.165) is 12.1 Å². The molecule has 1 nitrogen and oxygen atoms in total. The lowest BCUT2D eigenvalue weighted by atomic mass is 9.95. The van der Waals surface area contributed by atoms with Crippen molar-refractivity contribution in [2.45, 2.75) is 18.7 Å². The van der Waals surface area contributed by atoms with Gasteiger partial charge in [-0.2, -0.15) is 13.2 Å². The van der Waals surface area contributed by atoms with Crippen molar-refractivity contribution in [2.24, 2.45) is 0 Å². The van der Waals surface area contributed by atoms with Gasteiger partial charge in [-0.25, -0.2) is 0 Å². The first-order valence-electron chi connectivity index (χ1n) is 3.91. The van der Waals surface area contributed by atoms with Crippen molar-refractivity contribution in [1.82, 2.24) is 0 Å². The summed E-state index contributed by atoms with van der Waals surface area (Å²) in [6.07, 6.45) is -4.76. The smallest absolute Gasteiger partial charge is 0.376 e. The van der Waals surface area contributed by atoms with Crippen molar-refractivity contribution in [3.05, 3.63) is 33.8 Å². The molecule has 0 aliphatic carbocycles. The topological polar surface area (TPSA) is 20.2 Å². The van der Waals surface area contributed by atoms with Crippen LogP contribution in [-0.2, 0) is 5.60 Å². The van der Waals surface area contributed by atoms with Crippen molar-refractivity contribution in [3.8, 4) is 0 Å². The Kier molecular flexibility index (Phi) is 3.24. The highest BCUT2D eigenvalue weighted by atomic mass is 35.5. The van der Waals surface area contributed by atoms with Gasteiger partial charge < -0.3 is 5.11 Å². The SMILES string of the molecule is C[C@](O)(c1ccc(Cl)c(Cl)c1)C(F)(F)F. The van der Waals surface area contributed by atoms with Gasteiger partial charge >= 0.3 is 6.18 Å². The molecule has 1 aromatic carbocycles. The first kappa shape index (κ1) is 12.6. The molecule has 0 radical (unpaired) electrons. The molecule has 1 aromatic rings. The Morgan fingerprint density at radius 1 is 1.13 bits per heavy atom. The van der Waals surface area contributed by atoms with Gasteiger partial charge in [-0.3, -0.25) is 0 Å². The summed E-state index contributed by atoms with van der Waals surface area (Å²) in [5.74, 6) is 0. The zero-order valence-electron chi connectivity index (χ0n) is 7.57. The van der Waals surface area contributed by atoms with E-state index in [2.05, 4.69) is 0 Å². The fourth-order valence-electron chi connectivity index (χ4n) is 0.963. The number of benzene rings is 1. The molecule has 15 heavy (non-hydrogen) atoms. The van der Waals surface area contributed by atoms with Crippen LogP contribution < -0.4 is 0 Å². The van der Waals surface area contributed by atoms with Gasteiger partial charge in [-0.1, -0.05) is 29.3 Å². The molecule has 0 bridgehead atoms. The Bertz CT molecular complexity index is 374. The van der Waals surface area contributed by atoms with Gasteiger partial charge in [0.15, 0.2) is 5.60 Å². The van der Waals surface area contributed by atoms with E-state index in [0.29, 0.717) is 6.92 Å².